The van der Waals surface area contributed by atoms with Crippen LogP contribution in [0.5, 0.6) is 5.75 Å². The maximum absolute atomic E-state index is 12.3. The van der Waals surface area contributed by atoms with E-state index in [2.05, 4.69) is 10.3 Å². The summed E-state index contributed by atoms with van der Waals surface area (Å²) in [6, 6.07) is 10.1. The highest BCUT2D eigenvalue weighted by Gasteiger charge is 2.18. The van der Waals surface area contributed by atoms with Gasteiger partial charge in [-0.15, -0.1) is 11.3 Å². The third-order valence-corrected chi connectivity index (χ3v) is 4.95. The van der Waals surface area contributed by atoms with Crippen LogP contribution in [-0.2, 0) is 16.1 Å². The Kier molecular flexibility index (Phi) is 7.16. The maximum atomic E-state index is 12.3. The number of amides is 1. The first-order valence-corrected chi connectivity index (χ1v) is 10.1. The number of esters is 1. The molecule has 1 N–H and O–H groups in total. The van der Waals surface area contributed by atoms with Crippen molar-refractivity contribution < 1.29 is 24.0 Å². The van der Waals surface area contributed by atoms with Crippen LogP contribution in [0.4, 0.5) is 11.4 Å². The van der Waals surface area contributed by atoms with Gasteiger partial charge in [0.25, 0.3) is 11.6 Å². The molecule has 0 saturated heterocycles. The second-order valence-corrected chi connectivity index (χ2v) is 7.72. The Morgan fingerprint density at radius 2 is 2.06 bits per heavy atom. The SMILES string of the molecule is Cc1nc(COc2cccc(C(=O)OCC(=O)Nc3ccc(Cl)cc3[N+](=O)[O-])c2)cs1. The fraction of sp³-hybridized carbons (Fsp3) is 0.150. The Hall–Kier alpha value is -3.50. The first-order valence-electron chi connectivity index (χ1n) is 8.86. The third kappa shape index (κ3) is 6.24. The largest absolute Gasteiger partial charge is 0.487 e. The molecule has 1 aromatic heterocycles. The van der Waals surface area contributed by atoms with Crippen LogP contribution in [0.3, 0.4) is 0 Å². The van der Waals surface area contributed by atoms with Crippen molar-refractivity contribution in [1.82, 2.24) is 4.98 Å². The zero-order valence-electron chi connectivity index (χ0n) is 16.2. The molecule has 0 atom stereocenters. The van der Waals surface area contributed by atoms with Crippen molar-refractivity contribution in [3.63, 3.8) is 0 Å². The number of anilines is 1. The van der Waals surface area contributed by atoms with Gasteiger partial charge >= 0.3 is 5.97 Å². The lowest BCUT2D eigenvalue weighted by molar-refractivity contribution is -0.383. The number of halogens is 1. The first-order chi connectivity index (χ1) is 14.8. The van der Waals surface area contributed by atoms with E-state index in [1.165, 1.54) is 35.6 Å². The Morgan fingerprint density at radius 1 is 1.26 bits per heavy atom. The van der Waals surface area contributed by atoms with Crippen LogP contribution in [0.15, 0.2) is 47.8 Å². The van der Waals surface area contributed by atoms with Gasteiger partial charge in [0.15, 0.2) is 6.61 Å². The molecule has 0 bridgehead atoms. The number of nitro benzene ring substituents is 1. The number of aromatic nitrogens is 1. The van der Waals surface area contributed by atoms with Crippen molar-refractivity contribution in [2.24, 2.45) is 0 Å². The van der Waals surface area contributed by atoms with Gasteiger partial charge in [0.2, 0.25) is 0 Å². The molecule has 0 fully saturated rings. The number of nitrogens with zero attached hydrogens (tertiary/aromatic N) is 2. The van der Waals surface area contributed by atoms with Gasteiger partial charge in [0.1, 0.15) is 18.0 Å². The standard InChI is InChI=1S/C20H16ClN3O6S/c1-12-22-15(11-31-12)9-29-16-4-2-3-13(7-16)20(26)30-10-19(25)23-17-6-5-14(21)8-18(17)24(27)28/h2-8,11H,9-10H2,1H3,(H,23,25). The van der Waals surface area contributed by atoms with E-state index in [-0.39, 0.29) is 28.6 Å². The van der Waals surface area contributed by atoms with Gasteiger partial charge in [-0.25, -0.2) is 9.78 Å². The molecule has 0 unspecified atom stereocenters. The highest BCUT2D eigenvalue weighted by Crippen LogP contribution is 2.27. The Morgan fingerprint density at radius 3 is 2.77 bits per heavy atom. The summed E-state index contributed by atoms with van der Waals surface area (Å²) in [4.78, 5) is 39.0. The smallest absolute Gasteiger partial charge is 0.338 e. The number of carbonyl (C=O) groups is 2. The summed E-state index contributed by atoms with van der Waals surface area (Å²) < 4.78 is 10.6. The van der Waals surface area contributed by atoms with E-state index in [0.717, 1.165) is 16.8 Å². The van der Waals surface area contributed by atoms with Gasteiger partial charge in [-0.2, -0.15) is 0 Å². The summed E-state index contributed by atoms with van der Waals surface area (Å²) in [5.41, 5.74) is 0.552. The Labute approximate surface area is 185 Å². The molecule has 0 radical (unpaired) electrons. The molecular formula is C20H16ClN3O6S. The quantitative estimate of drug-likeness (QED) is 0.300. The molecule has 0 aliphatic rings. The third-order valence-electron chi connectivity index (χ3n) is 3.89. The molecule has 3 aromatic rings. The monoisotopic (exact) mass is 461 g/mol. The number of hydrogen-bond donors (Lipinski definition) is 1. The van der Waals surface area contributed by atoms with Gasteiger partial charge in [-0.1, -0.05) is 17.7 Å². The molecule has 31 heavy (non-hydrogen) atoms. The van der Waals surface area contributed by atoms with E-state index >= 15 is 0 Å². The van der Waals surface area contributed by atoms with Crippen LogP contribution in [0, 0.1) is 17.0 Å². The molecule has 3 rings (SSSR count). The second kappa shape index (κ2) is 10.0. The van der Waals surface area contributed by atoms with Gasteiger partial charge < -0.3 is 14.8 Å². The highest BCUT2D eigenvalue weighted by molar-refractivity contribution is 7.09. The molecule has 0 aliphatic carbocycles. The average molecular weight is 462 g/mol. The summed E-state index contributed by atoms with van der Waals surface area (Å²) in [6.07, 6.45) is 0. The van der Waals surface area contributed by atoms with E-state index in [1.807, 2.05) is 12.3 Å². The van der Waals surface area contributed by atoms with E-state index in [4.69, 9.17) is 21.1 Å². The number of hydrogen-bond acceptors (Lipinski definition) is 8. The molecule has 0 saturated carbocycles. The van der Waals surface area contributed by atoms with Gasteiger partial charge in [-0.3, -0.25) is 14.9 Å². The van der Waals surface area contributed by atoms with Crippen molar-refractivity contribution in [2.75, 3.05) is 11.9 Å². The normalized spacial score (nSPS) is 10.4. The number of rotatable bonds is 8. The number of benzene rings is 2. The lowest BCUT2D eigenvalue weighted by Gasteiger charge is -2.09. The van der Waals surface area contributed by atoms with Crippen LogP contribution in [0.25, 0.3) is 0 Å². The summed E-state index contributed by atoms with van der Waals surface area (Å²) in [5.74, 6) is -1.03. The Bertz CT molecular complexity index is 1130. The first kappa shape index (κ1) is 22.2. The van der Waals surface area contributed by atoms with E-state index in [1.54, 1.807) is 12.1 Å². The lowest BCUT2D eigenvalue weighted by Crippen LogP contribution is -2.21. The Balaban J connectivity index is 1.56. The molecule has 1 heterocycles. The average Bonchev–Trinajstić information content (AvgIpc) is 3.17. The minimum Gasteiger partial charge on any atom is -0.487 e. The molecule has 160 valence electrons. The predicted molar refractivity (Wildman–Crippen MR) is 115 cm³/mol. The summed E-state index contributed by atoms with van der Waals surface area (Å²) in [5, 5.41) is 16.4. The van der Waals surface area contributed by atoms with Gasteiger partial charge in [0, 0.05) is 16.5 Å². The van der Waals surface area contributed by atoms with Gasteiger partial charge in [0.05, 0.1) is 21.2 Å². The van der Waals surface area contributed by atoms with Crippen LogP contribution in [-0.4, -0.2) is 28.4 Å². The minimum absolute atomic E-state index is 0.0527. The minimum atomic E-state index is -0.740. The number of carbonyl (C=O) groups excluding carboxylic acids is 2. The summed E-state index contributed by atoms with van der Waals surface area (Å²) in [7, 11) is 0. The molecule has 11 heteroatoms. The zero-order valence-corrected chi connectivity index (χ0v) is 17.7. The molecule has 0 spiro atoms. The fourth-order valence-corrected chi connectivity index (χ4v) is 3.27. The highest BCUT2D eigenvalue weighted by atomic mass is 35.5. The van der Waals surface area contributed by atoms with Crippen LogP contribution in [0.2, 0.25) is 5.02 Å². The summed E-state index contributed by atoms with van der Waals surface area (Å²) >= 11 is 7.25. The van der Waals surface area contributed by atoms with Crippen LogP contribution < -0.4 is 10.1 Å². The van der Waals surface area contributed by atoms with Crippen LogP contribution >= 0.6 is 22.9 Å². The van der Waals surface area contributed by atoms with Crippen LogP contribution in [0.1, 0.15) is 21.1 Å². The predicted octanol–water partition coefficient (Wildman–Crippen LogP) is 4.39. The number of thiazole rings is 1. The summed E-state index contributed by atoms with van der Waals surface area (Å²) in [6.45, 7) is 1.53. The topological polar surface area (TPSA) is 121 Å². The molecule has 9 nitrogen and oxygen atoms in total. The molecular weight excluding hydrogens is 446 g/mol. The number of nitrogens with one attached hydrogen (secondary N) is 1. The van der Waals surface area contributed by atoms with Crippen molar-refractivity contribution >= 4 is 46.2 Å². The fourth-order valence-electron chi connectivity index (χ4n) is 2.51. The maximum Gasteiger partial charge on any atom is 0.338 e. The second-order valence-electron chi connectivity index (χ2n) is 6.22. The number of nitro groups is 1. The van der Waals surface area contributed by atoms with E-state index < -0.39 is 23.4 Å². The molecule has 0 aliphatic heterocycles. The number of aryl methyl sites for hydroxylation is 1. The van der Waals surface area contributed by atoms with Crippen molar-refractivity contribution in [3.05, 3.63) is 79.2 Å². The van der Waals surface area contributed by atoms with E-state index in [0.29, 0.717) is 5.75 Å². The molecule has 2 aromatic carbocycles. The molecule has 1 amide bonds. The van der Waals surface area contributed by atoms with E-state index in [9.17, 15) is 19.7 Å². The van der Waals surface area contributed by atoms with Crippen molar-refractivity contribution in [1.29, 1.82) is 0 Å². The van der Waals surface area contributed by atoms with Crippen molar-refractivity contribution in [2.45, 2.75) is 13.5 Å². The van der Waals surface area contributed by atoms with Crippen molar-refractivity contribution in [3.8, 4) is 5.75 Å². The zero-order chi connectivity index (χ0) is 22.4. The van der Waals surface area contributed by atoms with Gasteiger partial charge in [-0.05, 0) is 37.3 Å². The lowest BCUT2D eigenvalue weighted by atomic mass is 10.2. The number of ether oxygens (including phenoxy) is 2.